The van der Waals surface area contributed by atoms with E-state index in [4.69, 9.17) is 27.9 Å². The lowest BCUT2D eigenvalue weighted by Gasteiger charge is -2.08. The quantitative estimate of drug-likeness (QED) is 0.672. The highest BCUT2D eigenvalue weighted by molar-refractivity contribution is 6.42. The minimum Gasteiger partial charge on any atom is -0.456 e. The van der Waals surface area contributed by atoms with Crippen LogP contribution in [0.5, 0.6) is 0 Å². The van der Waals surface area contributed by atoms with E-state index >= 15 is 0 Å². The summed E-state index contributed by atoms with van der Waals surface area (Å²) in [4.78, 5) is 35.1. The lowest BCUT2D eigenvalue weighted by atomic mass is 10.2. The summed E-state index contributed by atoms with van der Waals surface area (Å²) in [5, 5.41) is 5.64. The molecule has 0 aromatic heterocycles. The highest BCUT2D eigenvalue weighted by Gasteiger charge is 2.11. The van der Waals surface area contributed by atoms with E-state index in [-0.39, 0.29) is 17.9 Å². The number of anilines is 2. The van der Waals surface area contributed by atoms with Crippen LogP contribution in [0.15, 0.2) is 42.5 Å². The van der Waals surface area contributed by atoms with Crippen molar-refractivity contribution in [1.82, 2.24) is 0 Å². The van der Waals surface area contributed by atoms with Gasteiger partial charge in [-0.15, -0.1) is 0 Å². The van der Waals surface area contributed by atoms with Crippen LogP contribution >= 0.6 is 23.2 Å². The van der Waals surface area contributed by atoms with Crippen LogP contribution in [-0.2, 0) is 19.1 Å². The fourth-order valence-electron chi connectivity index (χ4n) is 1.96. The smallest absolute Gasteiger partial charge is 0.306 e. The number of ether oxygens (including phenoxy) is 1. The molecule has 6 nitrogen and oxygen atoms in total. The van der Waals surface area contributed by atoms with Crippen LogP contribution in [0.25, 0.3) is 0 Å². The molecule has 142 valence electrons. The summed E-state index contributed by atoms with van der Waals surface area (Å²) in [6, 6.07) is 9.74. The van der Waals surface area contributed by atoms with Crippen LogP contribution in [0.3, 0.4) is 0 Å². The Labute approximate surface area is 164 Å². The van der Waals surface area contributed by atoms with Gasteiger partial charge < -0.3 is 15.4 Å². The number of nitrogens with one attached hydrogen (secondary N) is 2. The van der Waals surface area contributed by atoms with Gasteiger partial charge in [-0.05, 0) is 42.5 Å². The number of esters is 1. The number of benzene rings is 2. The Morgan fingerprint density at radius 1 is 0.852 bits per heavy atom. The number of rotatable bonds is 7. The molecule has 0 spiro atoms. The van der Waals surface area contributed by atoms with Crippen molar-refractivity contribution < 1.29 is 23.5 Å². The first-order chi connectivity index (χ1) is 12.8. The molecule has 0 heterocycles. The molecule has 0 unspecified atom stereocenters. The largest absolute Gasteiger partial charge is 0.456 e. The van der Waals surface area contributed by atoms with Crippen molar-refractivity contribution >= 4 is 52.4 Å². The van der Waals surface area contributed by atoms with E-state index in [9.17, 15) is 18.8 Å². The van der Waals surface area contributed by atoms with Gasteiger partial charge in [-0.25, -0.2) is 4.39 Å². The van der Waals surface area contributed by atoms with Gasteiger partial charge in [-0.3, -0.25) is 14.4 Å². The standard InChI is InChI=1S/C18H15Cl2FN2O4/c19-14-6-5-13(9-15(14)20)23-17(25)10-27-18(26)8-7-16(24)22-12-3-1-11(21)2-4-12/h1-6,9H,7-8,10H2,(H,22,24)(H,23,25). The molecule has 0 atom stereocenters. The average Bonchev–Trinajstić information content (AvgIpc) is 2.63. The number of carbonyl (C=O) groups is 3. The van der Waals surface area contributed by atoms with Crippen LogP contribution in [0, 0.1) is 5.82 Å². The third-order valence-corrected chi connectivity index (χ3v) is 3.99. The Bertz CT molecular complexity index is 844. The predicted octanol–water partition coefficient (Wildman–Crippen LogP) is 4.03. The number of halogens is 3. The van der Waals surface area contributed by atoms with Crippen LogP contribution in [-0.4, -0.2) is 24.4 Å². The van der Waals surface area contributed by atoms with E-state index < -0.39 is 30.2 Å². The molecule has 2 N–H and O–H groups in total. The Morgan fingerprint density at radius 3 is 2.15 bits per heavy atom. The van der Waals surface area contributed by atoms with E-state index in [1.54, 1.807) is 6.07 Å². The molecular formula is C18H15Cl2FN2O4. The highest BCUT2D eigenvalue weighted by atomic mass is 35.5. The maximum Gasteiger partial charge on any atom is 0.306 e. The normalized spacial score (nSPS) is 10.2. The summed E-state index contributed by atoms with van der Waals surface area (Å²) >= 11 is 11.6. The molecule has 2 rings (SSSR count). The Balaban J connectivity index is 1.69. The van der Waals surface area contributed by atoms with Crippen molar-refractivity contribution in [3.05, 3.63) is 58.3 Å². The second-order valence-electron chi connectivity index (χ2n) is 5.39. The van der Waals surface area contributed by atoms with Gasteiger partial charge >= 0.3 is 5.97 Å². The fourth-order valence-corrected chi connectivity index (χ4v) is 2.26. The summed E-state index contributed by atoms with van der Waals surface area (Å²) < 4.78 is 17.6. The van der Waals surface area contributed by atoms with Crippen molar-refractivity contribution in [2.45, 2.75) is 12.8 Å². The van der Waals surface area contributed by atoms with Gasteiger partial charge in [-0.1, -0.05) is 23.2 Å². The lowest BCUT2D eigenvalue weighted by molar-refractivity contribution is -0.147. The summed E-state index contributed by atoms with van der Waals surface area (Å²) in [6.07, 6.45) is -0.336. The first kappa shape index (κ1) is 20.7. The Kier molecular flexibility index (Phi) is 7.57. The highest BCUT2D eigenvalue weighted by Crippen LogP contribution is 2.24. The second kappa shape index (κ2) is 9.89. The van der Waals surface area contributed by atoms with Gasteiger partial charge in [0.15, 0.2) is 6.61 Å². The van der Waals surface area contributed by atoms with Gasteiger partial charge in [-0.2, -0.15) is 0 Å². The van der Waals surface area contributed by atoms with E-state index in [2.05, 4.69) is 10.6 Å². The van der Waals surface area contributed by atoms with Gasteiger partial charge in [0.2, 0.25) is 5.91 Å². The Hall–Kier alpha value is -2.64. The molecule has 27 heavy (non-hydrogen) atoms. The van der Waals surface area contributed by atoms with Gasteiger partial charge in [0, 0.05) is 17.8 Å². The third-order valence-electron chi connectivity index (χ3n) is 3.25. The molecule has 0 radical (unpaired) electrons. The summed E-state index contributed by atoms with van der Waals surface area (Å²) in [6.45, 7) is -0.501. The number of carbonyl (C=O) groups excluding carboxylic acids is 3. The molecule has 0 saturated heterocycles. The number of amides is 2. The average molecular weight is 413 g/mol. The minimum atomic E-state index is -0.700. The summed E-state index contributed by atoms with van der Waals surface area (Å²) in [5.74, 6) is -2.11. The van der Waals surface area contributed by atoms with Crippen LogP contribution < -0.4 is 10.6 Å². The Morgan fingerprint density at radius 2 is 1.48 bits per heavy atom. The zero-order chi connectivity index (χ0) is 19.8. The van der Waals surface area contributed by atoms with Gasteiger partial charge in [0.05, 0.1) is 16.5 Å². The van der Waals surface area contributed by atoms with Crippen LogP contribution in [0.4, 0.5) is 15.8 Å². The molecular weight excluding hydrogens is 398 g/mol. The SMILES string of the molecule is O=C(CCC(=O)OCC(=O)Nc1ccc(Cl)c(Cl)c1)Nc1ccc(F)cc1. The molecule has 0 aliphatic rings. The predicted molar refractivity (Wildman–Crippen MR) is 100 cm³/mol. The van der Waals surface area contributed by atoms with Crippen LogP contribution in [0.2, 0.25) is 10.0 Å². The van der Waals surface area contributed by atoms with Crippen molar-refractivity contribution in [3.8, 4) is 0 Å². The van der Waals surface area contributed by atoms with E-state index in [1.165, 1.54) is 36.4 Å². The van der Waals surface area contributed by atoms with Crippen molar-refractivity contribution in [2.75, 3.05) is 17.2 Å². The molecule has 9 heteroatoms. The zero-order valence-corrected chi connectivity index (χ0v) is 15.4. The van der Waals surface area contributed by atoms with E-state index in [0.29, 0.717) is 16.4 Å². The first-order valence-corrected chi connectivity index (χ1v) is 8.55. The van der Waals surface area contributed by atoms with Crippen LogP contribution in [0.1, 0.15) is 12.8 Å². The minimum absolute atomic E-state index is 0.134. The van der Waals surface area contributed by atoms with E-state index in [1.807, 2.05) is 0 Å². The molecule has 2 aromatic rings. The van der Waals surface area contributed by atoms with Crippen molar-refractivity contribution in [1.29, 1.82) is 0 Å². The molecule has 0 saturated carbocycles. The molecule has 0 aliphatic carbocycles. The second-order valence-corrected chi connectivity index (χ2v) is 6.21. The fraction of sp³-hybridized carbons (Fsp3) is 0.167. The molecule has 0 bridgehead atoms. The first-order valence-electron chi connectivity index (χ1n) is 7.79. The topological polar surface area (TPSA) is 84.5 Å². The maximum absolute atomic E-state index is 12.8. The van der Waals surface area contributed by atoms with Crippen molar-refractivity contribution in [3.63, 3.8) is 0 Å². The van der Waals surface area contributed by atoms with Gasteiger partial charge in [0.25, 0.3) is 5.91 Å². The van der Waals surface area contributed by atoms with E-state index in [0.717, 1.165) is 0 Å². The zero-order valence-electron chi connectivity index (χ0n) is 13.9. The van der Waals surface area contributed by atoms with Gasteiger partial charge in [0.1, 0.15) is 5.82 Å². The molecule has 2 aromatic carbocycles. The monoisotopic (exact) mass is 412 g/mol. The molecule has 2 amide bonds. The summed E-state index contributed by atoms with van der Waals surface area (Å²) in [5.41, 5.74) is 0.819. The lowest BCUT2D eigenvalue weighted by Crippen LogP contribution is -2.21. The summed E-state index contributed by atoms with van der Waals surface area (Å²) in [7, 11) is 0. The number of hydrogen-bond acceptors (Lipinski definition) is 4. The molecule has 0 aliphatic heterocycles. The third kappa shape index (κ3) is 7.24. The van der Waals surface area contributed by atoms with Crippen molar-refractivity contribution in [2.24, 2.45) is 0 Å². The molecule has 0 fully saturated rings. The number of hydrogen-bond donors (Lipinski definition) is 2. The maximum atomic E-state index is 12.8.